The highest BCUT2D eigenvalue weighted by atomic mass is 16.6. The van der Waals surface area contributed by atoms with Gasteiger partial charge in [0.05, 0.1) is 13.2 Å². The fourth-order valence-electron chi connectivity index (χ4n) is 2.87. The molecule has 25 heavy (non-hydrogen) atoms. The molecule has 4 rings (SSSR count). The predicted molar refractivity (Wildman–Crippen MR) is 96.5 cm³/mol. The van der Waals surface area contributed by atoms with Crippen molar-refractivity contribution in [2.75, 3.05) is 31.2 Å². The second kappa shape index (κ2) is 6.91. The first-order valence-electron chi connectivity index (χ1n) is 8.30. The SMILES string of the molecule is O=C1OC(c2ccccc2)=N/C1=C/c1ccc(N2CCOCC2)cc1. The highest BCUT2D eigenvalue weighted by Crippen LogP contribution is 2.21. The molecule has 2 aromatic rings. The Morgan fingerprint density at radius 2 is 1.68 bits per heavy atom. The lowest BCUT2D eigenvalue weighted by atomic mass is 10.1. The third-order valence-corrected chi connectivity index (χ3v) is 4.21. The normalized spacial score (nSPS) is 19.0. The van der Waals surface area contributed by atoms with E-state index in [1.807, 2.05) is 42.5 Å². The minimum absolute atomic E-state index is 0.318. The van der Waals surface area contributed by atoms with E-state index in [-0.39, 0.29) is 0 Å². The Morgan fingerprint density at radius 3 is 2.40 bits per heavy atom. The molecule has 1 saturated heterocycles. The summed E-state index contributed by atoms with van der Waals surface area (Å²) in [6.45, 7) is 3.32. The van der Waals surface area contributed by atoms with Crippen LogP contribution in [0.3, 0.4) is 0 Å². The van der Waals surface area contributed by atoms with Crippen LogP contribution in [0.25, 0.3) is 6.08 Å². The van der Waals surface area contributed by atoms with Gasteiger partial charge in [-0.2, -0.15) is 0 Å². The molecule has 5 heteroatoms. The molecule has 0 aromatic heterocycles. The van der Waals surface area contributed by atoms with E-state index in [0.29, 0.717) is 11.6 Å². The minimum Gasteiger partial charge on any atom is -0.402 e. The molecule has 1 fully saturated rings. The van der Waals surface area contributed by atoms with Crippen LogP contribution >= 0.6 is 0 Å². The molecule has 2 aromatic carbocycles. The van der Waals surface area contributed by atoms with Crippen LogP contribution in [0.1, 0.15) is 11.1 Å². The number of anilines is 1. The zero-order valence-corrected chi connectivity index (χ0v) is 13.7. The molecule has 0 spiro atoms. The van der Waals surface area contributed by atoms with E-state index in [2.05, 4.69) is 22.0 Å². The molecule has 0 N–H and O–H groups in total. The number of nitrogens with zero attached hydrogens (tertiary/aromatic N) is 2. The number of carbonyl (C=O) groups excluding carboxylic acids is 1. The molecule has 0 saturated carbocycles. The fourth-order valence-corrected chi connectivity index (χ4v) is 2.87. The topological polar surface area (TPSA) is 51.1 Å². The number of hydrogen-bond donors (Lipinski definition) is 0. The van der Waals surface area contributed by atoms with E-state index in [1.54, 1.807) is 6.08 Å². The van der Waals surface area contributed by atoms with Crippen molar-refractivity contribution >= 4 is 23.6 Å². The van der Waals surface area contributed by atoms with Gasteiger partial charge in [0.15, 0.2) is 5.70 Å². The maximum atomic E-state index is 12.0. The standard InChI is InChI=1S/C20H18N2O3/c23-20-18(21-19(25-20)16-4-2-1-3-5-16)14-15-6-8-17(9-7-15)22-10-12-24-13-11-22/h1-9,14H,10-13H2/b18-14+. The van der Waals surface area contributed by atoms with Crippen LogP contribution in [0.15, 0.2) is 65.3 Å². The van der Waals surface area contributed by atoms with E-state index in [4.69, 9.17) is 9.47 Å². The summed E-state index contributed by atoms with van der Waals surface area (Å²) in [5.41, 5.74) is 3.19. The Balaban J connectivity index is 1.54. The molecular weight excluding hydrogens is 316 g/mol. The number of ether oxygens (including phenoxy) is 2. The smallest absolute Gasteiger partial charge is 0.363 e. The lowest BCUT2D eigenvalue weighted by Crippen LogP contribution is -2.36. The van der Waals surface area contributed by atoms with Crippen molar-refractivity contribution in [2.45, 2.75) is 0 Å². The number of esters is 1. The highest BCUT2D eigenvalue weighted by Gasteiger charge is 2.23. The van der Waals surface area contributed by atoms with E-state index in [9.17, 15) is 4.79 Å². The number of hydrogen-bond acceptors (Lipinski definition) is 5. The fraction of sp³-hybridized carbons (Fsp3) is 0.200. The Labute approximate surface area is 146 Å². The zero-order chi connectivity index (χ0) is 17.1. The Bertz CT molecular complexity index is 820. The van der Waals surface area contributed by atoms with Crippen LogP contribution < -0.4 is 4.90 Å². The number of carbonyl (C=O) groups is 1. The third-order valence-electron chi connectivity index (χ3n) is 4.21. The summed E-state index contributed by atoms with van der Waals surface area (Å²) in [5, 5.41) is 0. The number of aliphatic imine (C=N–C) groups is 1. The van der Waals surface area contributed by atoms with Crippen molar-refractivity contribution in [3.8, 4) is 0 Å². The largest absolute Gasteiger partial charge is 0.402 e. The van der Waals surface area contributed by atoms with Crippen molar-refractivity contribution < 1.29 is 14.3 Å². The first-order chi connectivity index (χ1) is 12.3. The number of morpholine rings is 1. The maximum absolute atomic E-state index is 12.0. The first kappa shape index (κ1) is 15.6. The third kappa shape index (κ3) is 3.46. The molecule has 0 radical (unpaired) electrons. The zero-order valence-electron chi connectivity index (χ0n) is 13.7. The molecule has 0 unspecified atom stereocenters. The van der Waals surface area contributed by atoms with Crippen molar-refractivity contribution in [3.05, 3.63) is 71.4 Å². The van der Waals surface area contributed by atoms with Gasteiger partial charge in [-0.25, -0.2) is 9.79 Å². The average Bonchev–Trinajstić information content (AvgIpc) is 3.04. The molecule has 5 nitrogen and oxygen atoms in total. The van der Waals surface area contributed by atoms with E-state index in [1.165, 1.54) is 0 Å². The monoisotopic (exact) mass is 334 g/mol. The average molecular weight is 334 g/mol. The lowest BCUT2D eigenvalue weighted by molar-refractivity contribution is -0.129. The Morgan fingerprint density at radius 1 is 0.960 bits per heavy atom. The van der Waals surface area contributed by atoms with Gasteiger partial charge < -0.3 is 14.4 Å². The van der Waals surface area contributed by atoms with Crippen LogP contribution in [-0.4, -0.2) is 38.2 Å². The molecule has 0 bridgehead atoms. The van der Waals surface area contributed by atoms with Gasteiger partial charge in [0.1, 0.15) is 0 Å². The van der Waals surface area contributed by atoms with E-state index < -0.39 is 5.97 Å². The van der Waals surface area contributed by atoms with Crippen LogP contribution in [0.4, 0.5) is 5.69 Å². The summed E-state index contributed by atoms with van der Waals surface area (Å²) in [5.74, 6) is -0.0714. The molecule has 0 amide bonds. The van der Waals surface area contributed by atoms with Crippen LogP contribution in [0.2, 0.25) is 0 Å². The van der Waals surface area contributed by atoms with E-state index >= 15 is 0 Å². The molecule has 2 aliphatic rings. The van der Waals surface area contributed by atoms with Crippen LogP contribution in [-0.2, 0) is 14.3 Å². The summed E-state index contributed by atoms with van der Waals surface area (Å²) < 4.78 is 10.6. The number of cyclic esters (lactones) is 1. The van der Waals surface area contributed by atoms with Crippen molar-refractivity contribution in [3.63, 3.8) is 0 Å². The molecule has 2 aliphatic heterocycles. The van der Waals surface area contributed by atoms with Crippen LogP contribution in [0, 0.1) is 0 Å². The molecule has 0 aliphatic carbocycles. The number of rotatable bonds is 3. The van der Waals surface area contributed by atoms with Gasteiger partial charge in [0.2, 0.25) is 5.90 Å². The van der Waals surface area contributed by atoms with Gasteiger partial charge in [-0.1, -0.05) is 30.3 Å². The lowest BCUT2D eigenvalue weighted by Gasteiger charge is -2.28. The van der Waals surface area contributed by atoms with Gasteiger partial charge in [-0.3, -0.25) is 0 Å². The van der Waals surface area contributed by atoms with Gasteiger partial charge in [0.25, 0.3) is 0 Å². The second-order valence-corrected chi connectivity index (χ2v) is 5.89. The van der Waals surface area contributed by atoms with Gasteiger partial charge in [0, 0.05) is 24.3 Å². The minimum atomic E-state index is -0.420. The van der Waals surface area contributed by atoms with E-state index in [0.717, 1.165) is 43.1 Å². The molecular formula is C20H18N2O3. The second-order valence-electron chi connectivity index (χ2n) is 5.89. The maximum Gasteiger partial charge on any atom is 0.363 e. The molecule has 2 heterocycles. The summed E-state index contributed by atoms with van der Waals surface area (Å²) in [4.78, 5) is 18.7. The van der Waals surface area contributed by atoms with Gasteiger partial charge in [-0.15, -0.1) is 0 Å². The van der Waals surface area contributed by atoms with Crippen molar-refractivity contribution in [1.82, 2.24) is 0 Å². The van der Waals surface area contributed by atoms with Gasteiger partial charge in [-0.05, 0) is 35.9 Å². The summed E-state index contributed by atoms with van der Waals surface area (Å²) in [6.07, 6.45) is 1.75. The Kier molecular flexibility index (Phi) is 4.31. The van der Waals surface area contributed by atoms with Crippen molar-refractivity contribution in [2.24, 2.45) is 4.99 Å². The highest BCUT2D eigenvalue weighted by molar-refractivity contribution is 6.12. The number of benzene rings is 2. The first-order valence-corrected chi connectivity index (χ1v) is 8.30. The Hall–Kier alpha value is -2.92. The summed E-state index contributed by atoms with van der Waals surface area (Å²) >= 11 is 0. The summed E-state index contributed by atoms with van der Waals surface area (Å²) in [7, 11) is 0. The summed E-state index contributed by atoms with van der Waals surface area (Å²) in [6, 6.07) is 17.5. The quantitative estimate of drug-likeness (QED) is 0.640. The van der Waals surface area contributed by atoms with Gasteiger partial charge >= 0.3 is 5.97 Å². The van der Waals surface area contributed by atoms with Crippen molar-refractivity contribution in [1.29, 1.82) is 0 Å². The predicted octanol–water partition coefficient (Wildman–Crippen LogP) is 2.87. The van der Waals surface area contributed by atoms with Crippen LogP contribution in [0.5, 0.6) is 0 Å². The molecule has 126 valence electrons. The molecule has 0 atom stereocenters.